The summed E-state index contributed by atoms with van der Waals surface area (Å²) in [4.78, 5) is 23.1. The topological polar surface area (TPSA) is 96.7 Å². The van der Waals surface area contributed by atoms with Crippen LogP contribution in [0, 0.1) is 6.92 Å². The van der Waals surface area contributed by atoms with Gasteiger partial charge in [0, 0.05) is 11.9 Å². The lowest BCUT2D eigenvalue weighted by Crippen LogP contribution is -2.28. The van der Waals surface area contributed by atoms with E-state index in [0.717, 1.165) is 5.69 Å². The average molecular weight is 245 g/mol. The van der Waals surface area contributed by atoms with Crippen molar-refractivity contribution in [3.05, 3.63) is 41.6 Å². The number of nitrogens with zero attached hydrogens (tertiary/aromatic N) is 2. The molecule has 2 heterocycles. The third kappa shape index (κ3) is 2.65. The number of aromatic amines is 1. The van der Waals surface area contributed by atoms with Gasteiger partial charge in [0.25, 0.3) is 5.91 Å². The summed E-state index contributed by atoms with van der Waals surface area (Å²) in [7, 11) is 0. The monoisotopic (exact) mass is 245 g/mol. The first kappa shape index (κ1) is 12.1. The number of amides is 1. The van der Waals surface area contributed by atoms with Crippen LogP contribution >= 0.6 is 0 Å². The SMILES string of the molecule is Cc1cnc([C@@H](C)NC(=O)c2cccc(N)n2)[nH]1. The second-order valence-corrected chi connectivity index (χ2v) is 4.09. The van der Waals surface area contributed by atoms with Crippen molar-refractivity contribution in [1.29, 1.82) is 0 Å². The molecule has 0 saturated carbocycles. The molecule has 1 atom stereocenters. The molecule has 2 aromatic rings. The number of aromatic nitrogens is 3. The number of nitrogens with one attached hydrogen (secondary N) is 2. The van der Waals surface area contributed by atoms with E-state index in [4.69, 9.17) is 5.73 Å². The van der Waals surface area contributed by atoms with Gasteiger partial charge < -0.3 is 16.0 Å². The highest BCUT2D eigenvalue weighted by Gasteiger charge is 2.14. The van der Waals surface area contributed by atoms with Gasteiger partial charge in [-0.15, -0.1) is 0 Å². The number of pyridine rings is 1. The number of anilines is 1. The van der Waals surface area contributed by atoms with Crippen LogP contribution in [0.2, 0.25) is 0 Å². The maximum atomic E-state index is 11.9. The molecule has 0 radical (unpaired) electrons. The molecule has 0 aliphatic carbocycles. The van der Waals surface area contributed by atoms with E-state index in [1.54, 1.807) is 24.4 Å². The lowest BCUT2D eigenvalue weighted by Gasteiger charge is -2.11. The van der Waals surface area contributed by atoms with Crippen molar-refractivity contribution in [2.75, 3.05) is 5.73 Å². The van der Waals surface area contributed by atoms with Crippen molar-refractivity contribution in [1.82, 2.24) is 20.3 Å². The van der Waals surface area contributed by atoms with E-state index in [1.807, 2.05) is 13.8 Å². The number of hydrogen-bond donors (Lipinski definition) is 3. The summed E-state index contributed by atoms with van der Waals surface area (Å²) in [6.45, 7) is 3.76. The highest BCUT2D eigenvalue weighted by molar-refractivity contribution is 5.92. The summed E-state index contributed by atoms with van der Waals surface area (Å²) >= 11 is 0. The fraction of sp³-hybridized carbons (Fsp3) is 0.250. The summed E-state index contributed by atoms with van der Waals surface area (Å²) in [6, 6.07) is 4.73. The van der Waals surface area contributed by atoms with Crippen molar-refractivity contribution in [2.24, 2.45) is 0 Å². The zero-order chi connectivity index (χ0) is 13.1. The van der Waals surface area contributed by atoms with Crippen LogP contribution in [0.5, 0.6) is 0 Å². The number of carbonyl (C=O) groups excluding carboxylic acids is 1. The zero-order valence-corrected chi connectivity index (χ0v) is 10.3. The van der Waals surface area contributed by atoms with Gasteiger partial charge in [0.2, 0.25) is 0 Å². The zero-order valence-electron chi connectivity index (χ0n) is 10.3. The molecular weight excluding hydrogens is 230 g/mol. The van der Waals surface area contributed by atoms with Gasteiger partial charge in [0.1, 0.15) is 17.3 Å². The molecule has 0 unspecified atom stereocenters. The molecule has 0 aliphatic rings. The molecule has 0 fully saturated rings. The summed E-state index contributed by atoms with van der Waals surface area (Å²) in [5.41, 5.74) is 6.78. The standard InChI is InChI=1S/C12H15N5O/c1-7-6-14-11(15-7)8(2)16-12(18)9-4-3-5-10(13)17-9/h3-6,8H,1-2H3,(H2,13,17)(H,14,15)(H,16,18)/t8-/m1/s1. The van der Waals surface area contributed by atoms with Gasteiger partial charge in [-0.25, -0.2) is 9.97 Å². The highest BCUT2D eigenvalue weighted by Crippen LogP contribution is 2.09. The fourth-order valence-corrected chi connectivity index (χ4v) is 1.57. The van der Waals surface area contributed by atoms with Gasteiger partial charge in [-0.1, -0.05) is 6.07 Å². The Kier molecular flexibility index (Phi) is 3.27. The Morgan fingerprint density at radius 1 is 1.50 bits per heavy atom. The predicted octanol–water partition coefficient (Wildman–Crippen LogP) is 1.19. The smallest absolute Gasteiger partial charge is 0.270 e. The Bertz CT molecular complexity index is 563. The van der Waals surface area contributed by atoms with Crippen LogP contribution in [-0.2, 0) is 0 Å². The normalized spacial score (nSPS) is 12.1. The molecule has 1 amide bonds. The Balaban J connectivity index is 2.08. The minimum Gasteiger partial charge on any atom is -0.384 e. The number of imidazole rings is 1. The van der Waals surface area contributed by atoms with Crippen LogP contribution in [0.4, 0.5) is 5.82 Å². The number of hydrogen-bond acceptors (Lipinski definition) is 4. The quantitative estimate of drug-likeness (QED) is 0.756. The molecule has 0 spiro atoms. The van der Waals surface area contributed by atoms with E-state index < -0.39 is 0 Å². The maximum absolute atomic E-state index is 11.9. The van der Waals surface area contributed by atoms with E-state index in [1.165, 1.54) is 0 Å². The molecular formula is C12H15N5O. The lowest BCUT2D eigenvalue weighted by molar-refractivity contribution is 0.0933. The largest absolute Gasteiger partial charge is 0.384 e. The van der Waals surface area contributed by atoms with Crippen LogP contribution < -0.4 is 11.1 Å². The number of carbonyl (C=O) groups is 1. The van der Waals surface area contributed by atoms with Gasteiger partial charge >= 0.3 is 0 Å². The van der Waals surface area contributed by atoms with Crippen molar-refractivity contribution in [3.8, 4) is 0 Å². The van der Waals surface area contributed by atoms with E-state index in [2.05, 4.69) is 20.3 Å². The molecule has 6 nitrogen and oxygen atoms in total. The highest BCUT2D eigenvalue weighted by atomic mass is 16.1. The predicted molar refractivity (Wildman–Crippen MR) is 67.9 cm³/mol. The minimum absolute atomic E-state index is 0.213. The molecule has 0 aromatic carbocycles. The molecule has 6 heteroatoms. The molecule has 94 valence electrons. The molecule has 0 bridgehead atoms. The Morgan fingerprint density at radius 3 is 2.89 bits per heavy atom. The second kappa shape index (κ2) is 4.87. The van der Waals surface area contributed by atoms with E-state index in [-0.39, 0.29) is 11.9 Å². The third-order valence-electron chi connectivity index (χ3n) is 2.48. The van der Waals surface area contributed by atoms with Crippen LogP contribution in [-0.4, -0.2) is 20.9 Å². The lowest BCUT2D eigenvalue weighted by atomic mass is 10.2. The van der Waals surface area contributed by atoms with Crippen molar-refractivity contribution in [3.63, 3.8) is 0 Å². The molecule has 0 saturated heterocycles. The number of rotatable bonds is 3. The van der Waals surface area contributed by atoms with Gasteiger partial charge in [0.05, 0.1) is 6.04 Å². The summed E-state index contributed by atoms with van der Waals surface area (Å²) in [5, 5.41) is 2.80. The van der Waals surface area contributed by atoms with Gasteiger partial charge in [-0.05, 0) is 26.0 Å². The van der Waals surface area contributed by atoms with E-state index >= 15 is 0 Å². The Morgan fingerprint density at radius 2 is 2.28 bits per heavy atom. The van der Waals surface area contributed by atoms with Crippen LogP contribution in [0.15, 0.2) is 24.4 Å². The van der Waals surface area contributed by atoms with Gasteiger partial charge in [0.15, 0.2) is 0 Å². The van der Waals surface area contributed by atoms with Crippen LogP contribution in [0.1, 0.15) is 35.0 Å². The molecule has 2 aromatic heterocycles. The molecule has 2 rings (SSSR count). The number of nitrogens with two attached hydrogens (primary N) is 1. The Hall–Kier alpha value is -2.37. The first-order valence-corrected chi connectivity index (χ1v) is 5.61. The fourth-order valence-electron chi connectivity index (χ4n) is 1.57. The van der Waals surface area contributed by atoms with Crippen molar-refractivity contribution >= 4 is 11.7 Å². The number of H-pyrrole nitrogens is 1. The van der Waals surface area contributed by atoms with Gasteiger partial charge in [-0.3, -0.25) is 4.79 Å². The molecule has 18 heavy (non-hydrogen) atoms. The average Bonchev–Trinajstić information content (AvgIpc) is 2.76. The van der Waals surface area contributed by atoms with Gasteiger partial charge in [-0.2, -0.15) is 0 Å². The second-order valence-electron chi connectivity index (χ2n) is 4.09. The van der Waals surface area contributed by atoms with Crippen molar-refractivity contribution in [2.45, 2.75) is 19.9 Å². The Labute approximate surface area is 105 Å². The summed E-state index contributed by atoms with van der Waals surface area (Å²) in [5.74, 6) is 0.762. The summed E-state index contributed by atoms with van der Waals surface area (Å²) < 4.78 is 0. The minimum atomic E-state index is -0.274. The number of aryl methyl sites for hydroxylation is 1. The van der Waals surface area contributed by atoms with Crippen molar-refractivity contribution < 1.29 is 4.79 Å². The first-order valence-electron chi connectivity index (χ1n) is 5.61. The van der Waals surface area contributed by atoms with Crippen LogP contribution in [0.25, 0.3) is 0 Å². The molecule has 4 N–H and O–H groups in total. The van der Waals surface area contributed by atoms with E-state index in [9.17, 15) is 4.79 Å². The van der Waals surface area contributed by atoms with Crippen LogP contribution in [0.3, 0.4) is 0 Å². The third-order valence-corrected chi connectivity index (χ3v) is 2.48. The maximum Gasteiger partial charge on any atom is 0.270 e. The molecule has 0 aliphatic heterocycles. The summed E-state index contributed by atoms with van der Waals surface area (Å²) in [6.07, 6.45) is 1.72. The van der Waals surface area contributed by atoms with E-state index in [0.29, 0.717) is 17.3 Å². The number of nitrogen functional groups attached to an aromatic ring is 1. The first-order chi connectivity index (χ1) is 8.56.